The molecule has 18 heavy (non-hydrogen) atoms. The monoisotopic (exact) mass is 251 g/mol. The maximum absolute atomic E-state index is 11.9. The fraction of sp³-hybridized carbons (Fsp3) is 0.643. The number of hydrogen-bond donors (Lipinski definition) is 2. The maximum Gasteiger partial charge on any atom is 0.287 e. The maximum atomic E-state index is 11.9. The van der Waals surface area contributed by atoms with Crippen molar-refractivity contribution in [3.63, 3.8) is 0 Å². The van der Waals surface area contributed by atoms with Crippen LogP contribution < -0.4 is 5.32 Å². The number of carbonyl (C=O) groups is 1. The second kappa shape index (κ2) is 5.57. The van der Waals surface area contributed by atoms with Gasteiger partial charge in [0.2, 0.25) is 0 Å². The summed E-state index contributed by atoms with van der Waals surface area (Å²) in [7, 11) is 0. The Morgan fingerprint density at radius 1 is 1.44 bits per heavy atom. The molecule has 4 nitrogen and oxygen atoms in total. The summed E-state index contributed by atoms with van der Waals surface area (Å²) in [6.07, 6.45) is 5.03. The topological polar surface area (TPSA) is 62.5 Å². The van der Waals surface area contributed by atoms with Gasteiger partial charge in [-0.2, -0.15) is 0 Å². The van der Waals surface area contributed by atoms with Gasteiger partial charge < -0.3 is 14.8 Å². The van der Waals surface area contributed by atoms with Crippen LogP contribution in [0.5, 0.6) is 0 Å². The van der Waals surface area contributed by atoms with Crippen molar-refractivity contribution in [2.24, 2.45) is 5.41 Å². The largest absolute Gasteiger partial charge is 0.456 e. The third-order valence-electron chi connectivity index (χ3n) is 3.86. The summed E-state index contributed by atoms with van der Waals surface area (Å²) in [4.78, 5) is 11.9. The molecule has 1 amide bonds. The molecular weight excluding hydrogens is 230 g/mol. The molecule has 0 saturated heterocycles. The first-order valence-electron chi connectivity index (χ1n) is 6.67. The van der Waals surface area contributed by atoms with E-state index in [0.29, 0.717) is 12.3 Å². The summed E-state index contributed by atoms with van der Waals surface area (Å²) in [6, 6.07) is 3.53. The van der Waals surface area contributed by atoms with Crippen molar-refractivity contribution in [3.05, 3.63) is 23.7 Å². The Labute approximate surface area is 107 Å². The van der Waals surface area contributed by atoms with Crippen LogP contribution in [0.1, 0.15) is 48.9 Å². The highest BCUT2D eigenvalue weighted by molar-refractivity contribution is 5.91. The predicted molar refractivity (Wildman–Crippen MR) is 68.4 cm³/mol. The minimum atomic E-state index is -0.186. The summed E-state index contributed by atoms with van der Waals surface area (Å²) in [5.74, 6) is 0.991. The molecule has 0 spiro atoms. The minimum Gasteiger partial charge on any atom is -0.456 e. The van der Waals surface area contributed by atoms with Crippen LogP contribution in [-0.2, 0) is 6.42 Å². The standard InChI is InChI=1S/C14H21NO3/c1-2-11-5-6-12(18-11)13(17)15-9-14(10-16)7-3-4-8-14/h5-6,16H,2-4,7-10H2,1H3,(H,15,17). The summed E-state index contributed by atoms with van der Waals surface area (Å²) in [5.41, 5.74) is -0.115. The van der Waals surface area contributed by atoms with E-state index >= 15 is 0 Å². The highest BCUT2D eigenvalue weighted by Crippen LogP contribution is 2.36. The molecule has 100 valence electrons. The molecule has 2 rings (SSSR count). The minimum absolute atomic E-state index is 0.115. The molecule has 2 N–H and O–H groups in total. The number of rotatable bonds is 5. The lowest BCUT2D eigenvalue weighted by Gasteiger charge is -2.26. The lowest BCUT2D eigenvalue weighted by molar-refractivity contribution is 0.0853. The molecule has 0 aliphatic heterocycles. The molecule has 1 saturated carbocycles. The highest BCUT2D eigenvalue weighted by Gasteiger charge is 2.33. The zero-order valence-electron chi connectivity index (χ0n) is 10.9. The van der Waals surface area contributed by atoms with Crippen LogP contribution in [0.2, 0.25) is 0 Å². The van der Waals surface area contributed by atoms with E-state index in [9.17, 15) is 9.90 Å². The van der Waals surface area contributed by atoms with Crippen molar-refractivity contribution in [2.75, 3.05) is 13.2 Å². The van der Waals surface area contributed by atoms with Gasteiger partial charge in [-0.25, -0.2) is 0 Å². The van der Waals surface area contributed by atoms with Crippen molar-refractivity contribution in [3.8, 4) is 0 Å². The molecule has 1 aliphatic rings. The van der Waals surface area contributed by atoms with Crippen LogP contribution >= 0.6 is 0 Å². The van der Waals surface area contributed by atoms with Crippen molar-refractivity contribution < 1.29 is 14.3 Å². The second-order valence-corrected chi connectivity index (χ2v) is 5.17. The molecule has 0 radical (unpaired) electrons. The third-order valence-corrected chi connectivity index (χ3v) is 3.86. The van der Waals surface area contributed by atoms with Gasteiger partial charge in [-0.3, -0.25) is 4.79 Å². The van der Waals surface area contributed by atoms with Gasteiger partial charge in [0.05, 0.1) is 6.61 Å². The van der Waals surface area contributed by atoms with E-state index in [1.54, 1.807) is 6.07 Å². The number of furan rings is 1. The van der Waals surface area contributed by atoms with Crippen LogP contribution in [0.15, 0.2) is 16.5 Å². The van der Waals surface area contributed by atoms with Crippen molar-refractivity contribution in [1.82, 2.24) is 5.32 Å². The van der Waals surface area contributed by atoms with Crippen LogP contribution in [-0.4, -0.2) is 24.2 Å². The Balaban J connectivity index is 1.91. The van der Waals surface area contributed by atoms with E-state index in [1.807, 2.05) is 13.0 Å². The molecule has 1 aromatic rings. The molecular formula is C14H21NO3. The Morgan fingerprint density at radius 2 is 2.17 bits per heavy atom. The third kappa shape index (κ3) is 2.75. The van der Waals surface area contributed by atoms with E-state index in [2.05, 4.69) is 5.32 Å². The van der Waals surface area contributed by atoms with Gasteiger partial charge >= 0.3 is 0 Å². The Bertz CT molecular complexity index is 405. The quantitative estimate of drug-likeness (QED) is 0.842. The van der Waals surface area contributed by atoms with Gasteiger partial charge in [0.25, 0.3) is 5.91 Å². The van der Waals surface area contributed by atoms with E-state index < -0.39 is 0 Å². The number of hydrogen-bond acceptors (Lipinski definition) is 3. The lowest BCUT2D eigenvalue weighted by atomic mass is 9.87. The average Bonchev–Trinajstić information content (AvgIpc) is 3.05. The van der Waals surface area contributed by atoms with Gasteiger partial charge in [0.15, 0.2) is 5.76 Å². The molecule has 0 aromatic carbocycles. The Kier molecular flexibility index (Phi) is 4.07. The first-order valence-corrected chi connectivity index (χ1v) is 6.67. The first kappa shape index (κ1) is 13.1. The molecule has 0 atom stereocenters. The summed E-state index contributed by atoms with van der Waals surface area (Å²) < 4.78 is 5.40. The summed E-state index contributed by atoms with van der Waals surface area (Å²) >= 11 is 0. The first-order chi connectivity index (χ1) is 8.69. The second-order valence-electron chi connectivity index (χ2n) is 5.17. The van der Waals surface area contributed by atoms with Crippen LogP contribution in [0.3, 0.4) is 0 Å². The number of amides is 1. The number of aliphatic hydroxyl groups excluding tert-OH is 1. The summed E-state index contributed by atoms with van der Waals surface area (Å²) in [5, 5.41) is 12.3. The molecule has 0 unspecified atom stereocenters. The fourth-order valence-electron chi connectivity index (χ4n) is 2.56. The zero-order chi connectivity index (χ0) is 13.0. The van der Waals surface area contributed by atoms with Gasteiger partial charge in [0, 0.05) is 18.4 Å². The smallest absolute Gasteiger partial charge is 0.287 e. The van der Waals surface area contributed by atoms with E-state index in [-0.39, 0.29) is 17.9 Å². The zero-order valence-corrected chi connectivity index (χ0v) is 10.9. The molecule has 4 heteroatoms. The van der Waals surface area contributed by atoms with Crippen LogP contribution in [0, 0.1) is 5.41 Å². The Morgan fingerprint density at radius 3 is 2.72 bits per heavy atom. The predicted octanol–water partition coefficient (Wildman–Crippen LogP) is 2.12. The van der Waals surface area contributed by atoms with Crippen LogP contribution in [0.25, 0.3) is 0 Å². The molecule has 0 bridgehead atoms. The number of nitrogens with one attached hydrogen (secondary N) is 1. The summed E-state index contributed by atoms with van der Waals surface area (Å²) in [6.45, 7) is 2.66. The lowest BCUT2D eigenvalue weighted by Crippen LogP contribution is -2.38. The highest BCUT2D eigenvalue weighted by atomic mass is 16.3. The normalized spacial score (nSPS) is 17.9. The van der Waals surface area contributed by atoms with E-state index in [1.165, 1.54) is 0 Å². The fourth-order valence-corrected chi connectivity index (χ4v) is 2.56. The molecule has 1 aromatic heterocycles. The van der Waals surface area contributed by atoms with E-state index in [4.69, 9.17) is 4.42 Å². The molecule has 1 aliphatic carbocycles. The van der Waals surface area contributed by atoms with Crippen molar-refractivity contribution in [1.29, 1.82) is 0 Å². The van der Waals surface area contributed by atoms with Crippen molar-refractivity contribution in [2.45, 2.75) is 39.0 Å². The Hall–Kier alpha value is -1.29. The van der Waals surface area contributed by atoms with Gasteiger partial charge in [-0.05, 0) is 25.0 Å². The number of aryl methyl sites for hydroxylation is 1. The number of carbonyl (C=O) groups excluding carboxylic acids is 1. The van der Waals surface area contributed by atoms with Crippen molar-refractivity contribution >= 4 is 5.91 Å². The number of aliphatic hydroxyl groups is 1. The molecule has 1 heterocycles. The van der Waals surface area contributed by atoms with Crippen LogP contribution in [0.4, 0.5) is 0 Å². The van der Waals surface area contributed by atoms with Gasteiger partial charge in [-0.15, -0.1) is 0 Å². The van der Waals surface area contributed by atoms with Gasteiger partial charge in [-0.1, -0.05) is 19.8 Å². The van der Waals surface area contributed by atoms with E-state index in [0.717, 1.165) is 37.9 Å². The molecule has 1 fully saturated rings. The van der Waals surface area contributed by atoms with Gasteiger partial charge in [0.1, 0.15) is 5.76 Å². The SMILES string of the molecule is CCc1ccc(C(=O)NCC2(CO)CCCC2)o1. The average molecular weight is 251 g/mol.